The number of nitrogens with zero attached hydrogens (tertiary/aromatic N) is 2. The Morgan fingerprint density at radius 2 is 2.53 bits per heavy atom. The topological polar surface area (TPSA) is 46.9 Å². The van der Waals surface area contributed by atoms with Gasteiger partial charge in [-0.25, -0.2) is 9.78 Å². The number of amides is 1. The van der Waals surface area contributed by atoms with Crippen molar-refractivity contribution < 1.29 is 4.79 Å². The molecular formula is C10H15N3OS. The third-order valence-electron chi connectivity index (χ3n) is 2.49. The second-order valence-electron chi connectivity index (χ2n) is 3.64. The number of carbonyl (C=O) groups excluding carboxylic acids is 1. The van der Waals surface area contributed by atoms with Gasteiger partial charge in [-0.3, -0.25) is 4.57 Å². The summed E-state index contributed by atoms with van der Waals surface area (Å²) in [5.74, 6) is 1.23. The standard InChI is InChI=1S/C10H15N3OS/c14-10(13-5-4-11-8-13)12-7-9-3-1-2-6-15-9/h4-5,8-9H,1-3,6-7H2,(H,12,14). The average molecular weight is 225 g/mol. The minimum Gasteiger partial charge on any atom is -0.336 e. The Kier molecular flexibility index (Phi) is 3.66. The van der Waals surface area contributed by atoms with Crippen molar-refractivity contribution >= 4 is 17.8 Å². The molecule has 4 nitrogen and oxygen atoms in total. The predicted molar refractivity (Wildman–Crippen MR) is 61.1 cm³/mol. The number of carbonyl (C=O) groups is 1. The van der Waals surface area contributed by atoms with E-state index in [1.165, 1.54) is 35.9 Å². The molecule has 2 rings (SSSR count). The van der Waals surface area contributed by atoms with Crippen LogP contribution in [-0.2, 0) is 0 Å². The Balaban J connectivity index is 1.75. The lowest BCUT2D eigenvalue weighted by Gasteiger charge is -2.21. The molecule has 5 heteroatoms. The fraction of sp³-hybridized carbons (Fsp3) is 0.600. The van der Waals surface area contributed by atoms with E-state index in [0.29, 0.717) is 5.25 Å². The van der Waals surface area contributed by atoms with Crippen molar-refractivity contribution in [1.29, 1.82) is 0 Å². The van der Waals surface area contributed by atoms with E-state index in [2.05, 4.69) is 10.3 Å². The molecule has 1 aromatic rings. The zero-order valence-electron chi connectivity index (χ0n) is 8.56. The van der Waals surface area contributed by atoms with Crippen LogP contribution in [0.15, 0.2) is 18.7 Å². The van der Waals surface area contributed by atoms with Gasteiger partial charge in [-0.15, -0.1) is 0 Å². The molecular weight excluding hydrogens is 210 g/mol. The molecule has 15 heavy (non-hydrogen) atoms. The Hall–Kier alpha value is -0.970. The van der Waals surface area contributed by atoms with Crippen LogP contribution in [0.5, 0.6) is 0 Å². The molecule has 1 unspecified atom stereocenters. The van der Waals surface area contributed by atoms with Crippen molar-refractivity contribution in [1.82, 2.24) is 14.9 Å². The number of hydrogen-bond acceptors (Lipinski definition) is 3. The second kappa shape index (κ2) is 5.21. The van der Waals surface area contributed by atoms with Crippen LogP contribution >= 0.6 is 11.8 Å². The molecule has 0 bridgehead atoms. The number of nitrogens with one attached hydrogen (secondary N) is 1. The number of aromatic nitrogens is 2. The fourth-order valence-corrected chi connectivity index (χ4v) is 2.88. The van der Waals surface area contributed by atoms with Crippen LogP contribution < -0.4 is 5.32 Å². The maximum atomic E-state index is 11.6. The monoisotopic (exact) mass is 225 g/mol. The number of thioether (sulfide) groups is 1. The normalized spacial score (nSPS) is 21.2. The largest absolute Gasteiger partial charge is 0.336 e. The molecule has 1 N–H and O–H groups in total. The first kappa shape index (κ1) is 10.5. The highest BCUT2D eigenvalue weighted by atomic mass is 32.2. The number of imidazole rings is 1. The molecule has 1 aromatic heterocycles. The van der Waals surface area contributed by atoms with Gasteiger partial charge in [0.1, 0.15) is 6.33 Å². The van der Waals surface area contributed by atoms with Crippen molar-refractivity contribution in [3.8, 4) is 0 Å². The quantitative estimate of drug-likeness (QED) is 0.833. The van der Waals surface area contributed by atoms with E-state index in [4.69, 9.17) is 0 Å². The summed E-state index contributed by atoms with van der Waals surface area (Å²) in [6.07, 6.45) is 8.60. The third-order valence-corrected chi connectivity index (χ3v) is 3.89. The van der Waals surface area contributed by atoms with E-state index in [9.17, 15) is 4.79 Å². The lowest BCUT2D eigenvalue weighted by atomic mass is 10.2. The number of hydrogen-bond donors (Lipinski definition) is 1. The first-order valence-corrected chi connectivity index (χ1v) is 6.29. The minimum absolute atomic E-state index is 0.0846. The molecule has 0 aliphatic carbocycles. The van der Waals surface area contributed by atoms with Crippen molar-refractivity contribution in [2.45, 2.75) is 24.5 Å². The highest BCUT2D eigenvalue weighted by Crippen LogP contribution is 2.24. The molecule has 1 fully saturated rings. The zero-order valence-corrected chi connectivity index (χ0v) is 9.37. The summed E-state index contributed by atoms with van der Waals surface area (Å²) >= 11 is 1.96. The van der Waals surface area contributed by atoms with Gasteiger partial charge in [0.25, 0.3) is 0 Å². The molecule has 0 spiro atoms. The van der Waals surface area contributed by atoms with Gasteiger partial charge < -0.3 is 5.32 Å². The average Bonchev–Trinajstić information content (AvgIpc) is 2.81. The molecule has 1 saturated heterocycles. The number of rotatable bonds is 2. The van der Waals surface area contributed by atoms with Gasteiger partial charge >= 0.3 is 6.03 Å². The van der Waals surface area contributed by atoms with E-state index in [1.54, 1.807) is 12.4 Å². The fourth-order valence-electron chi connectivity index (χ4n) is 1.64. The van der Waals surface area contributed by atoms with E-state index in [-0.39, 0.29) is 6.03 Å². The highest BCUT2D eigenvalue weighted by Gasteiger charge is 2.14. The van der Waals surface area contributed by atoms with E-state index in [0.717, 1.165) is 6.54 Å². The Labute approximate surface area is 93.5 Å². The van der Waals surface area contributed by atoms with Crippen LogP contribution in [-0.4, -0.2) is 33.1 Å². The van der Waals surface area contributed by atoms with Crippen molar-refractivity contribution in [3.05, 3.63) is 18.7 Å². The van der Waals surface area contributed by atoms with Gasteiger partial charge in [0, 0.05) is 24.2 Å². The van der Waals surface area contributed by atoms with Gasteiger partial charge in [-0.1, -0.05) is 6.42 Å². The van der Waals surface area contributed by atoms with Crippen LogP contribution in [0.2, 0.25) is 0 Å². The van der Waals surface area contributed by atoms with Crippen molar-refractivity contribution in [2.24, 2.45) is 0 Å². The van der Waals surface area contributed by atoms with Gasteiger partial charge in [-0.05, 0) is 18.6 Å². The van der Waals surface area contributed by atoms with Gasteiger partial charge in [-0.2, -0.15) is 11.8 Å². The van der Waals surface area contributed by atoms with E-state index in [1.807, 2.05) is 11.8 Å². The Morgan fingerprint density at radius 3 is 3.20 bits per heavy atom. The molecule has 0 saturated carbocycles. The van der Waals surface area contributed by atoms with Gasteiger partial charge in [0.05, 0.1) is 0 Å². The van der Waals surface area contributed by atoms with E-state index < -0.39 is 0 Å². The molecule has 1 aliphatic rings. The van der Waals surface area contributed by atoms with Gasteiger partial charge in [0.2, 0.25) is 0 Å². The van der Waals surface area contributed by atoms with Crippen LogP contribution in [0.25, 0.3) is 0 Å². The molecule has 82 valence electrons. The summed E-state index contributed by atoms with van der Waals surface area (Å²) < 4.78 is 1.47. The van der Waals surface area contributed by atoms with Crippen LogP contribution in [0, 0.1) is 0 Å². The van der Waals surface area contributed by atoms with E-state index >= 15 is 0 Å². The summed E-state index contributed by atoms with van der Waals surface area (Å²) in [4.78, 5) is 15.4. The molecule has 2 heterocycles. The van der Waals surface area contributed by atoms with Crippen LogP contribution in [0.3, 0.4) is 0 Å². The summed E-state index contributed by atoms with van der Waals surface area (Å²) in [5, 5.41) is 3.51. The molecule has 1 amide bonds. The van der Waals surface area contributed by atoms with Crippen molar-refractivity contribution in [3.63, 3.8) is 0 Å². The predicted octanol–water partition coefficient (Wildman–Crippen LogP) is 1.73. The maximum absolute atomic E-state index is 11.6. The van der Waals surface area contributed by atoms with Crippen LogP contribution in [0.4, 0.5) is 4.79 Å². The third kappa shape index (κ3) is 2.99. The summed E-state index contributed by atoms with van der Waals surface area (Å²) in [6.45, 7) is 0.766. The lowest BCUT2D eigenvalue weighted by molar-refractivity contribution is 0.242. The summed E-state index contributed by atoms with van der Waals surface area (Å²) in [6, 6.07) is -0.0846. The molecule has 1 aliphatic heterocycles. The van der Waals surface area contributed by atoms with Gasteiger partial charge in [0.15, 0.2) is 0 Å². The first-order chi connectivity index (χ1) is 7.36. The molecule has 1 atom stereocenters. The summed E-state index contributed by atoms with van der Waals surface area (Å²) in [5.41, 5.74) is 0. The zero-order chi connectivity index (χ0) is 10.5. The first-order valence-electron chi connectivity index (χ1n) is 5.24. The lowest BCUT2D eigenvalue weighted by Crippen LogP contribution is -2.34. The van der Waals surface area contributed by atoms with Crippen molar-refractivity contribution in [2.75, 3.05) is 12.3 Å². The smallest absolute Gasteiger partial charge is 0.326 e. The maximum Gasteiger partial charge on any atom is 0.326 e. The minimum atomic E-state index is -0.0846. The SMILES string of the molecule is O=C(NCC1CCCCS1)n1ccnc1. The highest BCUT2D eigenvalue weighted by molar-refractivity contribution is 7.99. The Bertz CT molecular complexity index is 306. The molecule has 0 radical (unpaired) electrons. The molecule has 0 aromatic carbocycles. The van der Waals surface area contributed by atoms with Crippen LogP contribution in [0.1, 0.15) is 19.3 Å². The second-order valence-corrected chi connectivity index (χ2v) is 5.05. The Morgan fingerprint density at radius 1 is 1.60 bits per heavy atom. The summed E-state index contributed by atoms with van der Waals surface area (Å²) in [7, 11) is 0.